The van der Waals surface area contributed by atoms with Crippen molar-refractivity contribution < 1.29 is 18.7 Å². The van der Waals surface area contributed by atoms with Crippen molar-refractivity contribution in [3.8, 4) is 0 Å². The van der Waals surface area contributed by atoms with E-state index in [1.54, 1.807) is 45.3 Å². The van der Waals surface area contributed by atoms with Gasteiger partial charge in [-0.3, -0.25) is 9.78 Å². The fourth-order valence-corrected chi connectivity index (χ4v) is 3.51. The number of nitrogens with one attached hydrogen (secondary N) is 3. The Kier molecular flexibility index (Phi) is 7.35. The summed E-state index contributed by atoms with van der Waals surface area (Å²) in [6, 6.07) is 3.93. The smallest absolute Gasteiger partial charge is 0.407 e. The van der Waals surface area contributed by atoms with Gasteiger partial charge in [0.15, 0.2) is 11.6 Å². The number of rotatable bonds is 9. The van der Waals surface area contributed by atoms with Crippen LogP contribution in [-0.2, 0) is 4.74 Å². The minimum Gasteiger partial charge on any atom is -0.444 e. The number of pyridine rings is 2. The normalized spacial score (nSPS) is 15.3. The van der Waals surface area contributed by atoms with Crippen molar-refractivity contribution in [3.63, 3.8) is 0 Å². The first-order valence-electron chi connectivity index (χ1n) is 11.0. The van der Waals surface area contributed by atoms with Crippen molar-refractivity contribution >= 4 is 29.3 Å². The van der Waals surface area contributed by atoms with Crippen LogP contribution in [0.3, 0.4) is 0 Å². The Hall–Kier alpha value is -3.43. The predicted molar refractivity (Wildman–Crippen MR) is 124 cm³/mol. The predicted octanol–water partition coefficient (Wildman–Crippen LogP) is 3.95. The van der Waals surface area contributed by atoms with Crippen LogP contribution in [0.1, 0.15) is 57.3 Å². The molecule has 2 amide bonds. The maximum Gasteiger partial charge on any atom is 0.407 e. The molecule has 0 saturated heterocycles. The number of hydrogen-bond acceptors (Lipinski definition) is 7. The second-order valence-electron chi connectivity index (χ2n) is 9.11. The standard InChI is InChI=1S/C23H31FN6O3/c1-5-17(28-22(32)33-23(2,3)4)18(13-8-9-13)29-21-16(24)11-15(19(25)31)20(30-21)27-14-7-6-10-26-12-14/h6-7,10-13,17-18H,5,8-9H2,1-4H3,(H2,25,31)(H,28,32)(H2,27,29,30)/t17-,18+/m0/s1. The number of amides is 2. The molecular weight excluding hydrogens is 427 g/mol. The summed E-state index contributed by atoms with van der Waals surface area (Å²) in [5.74, 6) is -1.19. The van der Waals surface area contributed by atoms with Crippen molar-refractivity contribution in [3.05, 3.63) is 42.0 Å². The third-order valence-corrected chi connectivity index (χ3v) is 5.17. The van der Waals surface area contributed by atoms with Gasteiger partial charge in [0, 0.05) is 6.20 Å². The highest BCUT2D eigenvalue weighted by Crippen LogP contribution is 2.37. The molecule has 1 aliphatic rings. The van der Waals surface area contributed by atoms with Crippen LogP contribution in [0, 0.1) is 11.7 Å². The van der Waals surface area contributed by atoms with Gasteiger partial charge in [-0.2, -0.15) is 0 Å². The van der Waals surface area contributed by atoms with Gasteiger partial charge in [-0.1, -0.05) is 6.92 Å². The molecule has 1 fully saturated rings. The number of anilines is 3. The molecule has 178 valence electrons. The van der Waals surface area contributed by atoms with Crippen LogP contribution in [0.15, 0.2) is 30.6 Å². The van der Waals surface area contributed by atoms with Crippen LogP contribution in [0.25, 0.3) is 0 Å². The second-order valence-corrected chi connectivity index (χ2v) is 9.11. The number of halogens is 1. The molecule has 3 rings (SSSR count). The molecule has 5 N–H and O–H groups in total. The molecule has 33 heavy (non-hydrogen) atoms. The third kappa shape index (κ3) is 6.77. The number of aromatic nitrogens is 2. The van der Waals surface area contributed by atoms with E-state index >= 15 is 0 Å². The average Bonchev–Trinajstić information content (AvgIpc) is 3.56. The van der Waals surface area contributed by atoms with Gasteiger partial charge in [0.2, 0.25) is 0 Å². The van der Waals surface area contributed by atoms with E-state index in [9.17, 15) is 14.0 Å². The van der Waals surface area contributed by atoms with Gasteiger partial charge in [0.25, 0.3) is 5.91 Å². The zero-order valence-electron chi connectivity index (χ0n) is 19.3. The Labute approximate surface area is 192 Å². The summed E-state index contributed by atoms with van der Waals surface area (Å²) < 4.78 is 20.3. The van der Waals surface area contributed by atoms with Crippen molar-refractivity contribution in [1.82, 2.24) is 15.3 Å². The molecule has 0 radical (unpaired) electrons. The number of nitrogens with two attached hydrogens (primary N) is 1. The van der Waals surface area contributed by atoms with E-state index in [4.69, 9.17) is 10.5 Å². The van der Waals surface area contributed by atoms with Crippen molar-refractivity contribution in [2.45, 2.75) is 64.6 Å². The van der Waals surface area contributed by atoms with Gasteiger partial charge in [-0.25, -0.2) is 14.2 Å². The monoisotopic (exact) mass is 458 g/mol. The maximum atomic E-state index is 14.9. The minimum absolute atomic E-state index is 0.0345. The lowest BCUT2D eigenvalue weighted by Gasteiger charge is -2.30. The molecule has 2 heterocycles. The highest BCUT2D eigenvalue weighted by atomic mass is 19.1. The average molecular weight is 459 g/mol. The maximum absolute atomic E-state index is 14.9. The molecule has 0 spiro atoms. The molecule has 1 aliphatic carbocycles. The molecule has 0 unspecified atom stereocenters. The molecule has 2 aromatic heterocycles. The van der Waals surface area contributed by atoms with Crippen LogP contribution in [0.4, 0.5) is 26.5 Å². The van der Waals surface area contributed by atoms with E-state index in [0.29, 0.717) is 12.1 Å². The largest absolute Gasteiger partial charge is 0.444 e. The molecule has 9 nitrogen and oxygen atoms in total. The summed E-state index contributed by atoms with van der Waals surface area (Å²) in [7, 11) is 0. The summed E-state index contributed by atoms with van der Waals surface area (Å²) in [5.41, 5.74) is 5.30. The van der Waals surface area contributed by atoms with Gasteiger partial charge in [0.05, 0.1) is 29.5 Å². The highest BCUT2D eigenvalue weighted by molar-refractivity contribution is 5.98. The quantitative estimate of drug-likeness (QED) is 0.447. The number of hydrogen-bond donors (Lipinski definition) is 4. The molecular formula is C23H31FN6O3. The van der Waals surface area contributed by atoms with E-state index in [-0.39, 0.29) is 35.2 Å². The van der Waals surface area contributed by atoms with Crippen LogP contribution < -0.4 is 21.7 Å². The van der Waals surface area contributed by atoms with Crippen molar-refractivity contribution in [2.24, 2.45) is 11.7 Å². The molecule has 0 aliphatic heterocycles. The molecule has 2 atom stereocenters. The van der Waals surface area contributed by atoms with Crippen LogP contribution in [0.5, 0.6) is 0 Å². The Bertz CT molecular complexity index is 992. The Morgan fingerprint density at radius 3 is 2.58 bits per heavy atom. The first kappa shape index (κ1) is 24.2. The summed E-state index contributed by atoms with van der Waals surface area (Å²) in [5, 5.41) is 9.02. The second kappa shape index (κ2) is 10.0. The van der Waals surface area contributed by atoms with Crippen LogP contribution in [-0.4, -0.2) is 39.7 Å². The number of nitrogens with zero attached hydrogens (tertiary/aromatic N) is 2. The van der Waals surface area contributed by atoms with E-state index in [2.05, 4.69) is 25.9 Å². The van der Waals surface area contributed by atoms with Gasteiger partial charge < -0.3 is 26.4 Å². The number of carbonyl (C=O) groups excluding carboxylic acids is 2. The van der Waals surface area contributed by atoms with Gasteiger partial charge in [-0.15, -0.1) is 0 Å². The van der Waals surface area contributed by atoms with E-state index in [1.807, 2.05) is 6.92 Å². The zero-order chi connectivity index (χ0) is 24.2. The van der Waals surface area contributed by atoms with Gasteiger partial charge in [0.1, 0.15) is 11.4 Å². The molecule has 0 bridgehead atoms. The minimum atomic E-state index is -0.809. The lowest BCUT2D eigenvalue weighted by atomic mass is 10.0. The first-order valence-corrected chi connectivity index (χ1v) is 11.0. The van der Waals surface area contributed by atoms with E-state index < -0.39 is 23.4 Å². The topological polar surface area (TPSA) is 131 Å². The summed E-state index contributed by atoms with van der Waals surface area (Å²) in [6.45, 7) is 7.32. The number of primary amides is 1. The summed E-state index contributed by atoms with van der Waals surface area (Å²) >= 11 is 0. The van der Waals surface area contributed by atoms with Gasteiger partial charge in [-0.05, 0) is 64.2 Å². The SMILES string of the molecule is CC[C@H](NC(=O)OC(C)(C)C)[C@H](Nc1nc(Nc2cccnc2)c(C(N)=O)cc1F)C1CC1. The lowest BCUT2D eigenvalue weighted by molar-refractivity contribution is 0.0495. The lowest BCUT2D eigenvalue weighted by Crippen LogP contribution is -2.49. The van der Waals surface area contributed by atoms with Crippen LogP contribution in [0.2, 0.25) is 0 Å². The fraction of sp³-hybridized carbons (Fsp3) is 0.478. The molecule has 2 aromatic rings. The molecule has 1 saturated carbocycles. The summed E-state index contributed by atoms with van der Waals surface area (Å²) in [4.78, 5) is 32.6. The van der Waals surface area contributed by atoms with Crippen molar-refractivity contribution in [2.75, 3.05) is 10.6 Å². The summed E-state index contributed by atoms with van der Waals surface area (Å²) in [6.07, 6.45) is 5.13. The molecule has 0 aromatic carbocycles. The Balaban J connectivity index is 1.86. The number of alkyl carbamates (subject to hydrolysis) is 1. The first-order chi connectivity index (χ1) is 15.6. The number of ether oxygens (including phenoxy) is 1. The Morgan fingerprint density at radius 2 is 2.03 bits per heavy atom. The third-order valence-electron chi connectivity index (χ3n) is 5.17. The highest BCUT2D eigenvalue weighted by Gasteiger charge is 2.38. The Morgan fingerprint density at radius 1 is 1.30 bits per heavy atom. The number of carbonyl (C=O) groups is 2. The van der Waals surface area contributed by atoms with Crippen LogP contribution >= 0.6 is 0 Å². The fourth-order valence-electron chi connectivity index (χ4n) is 3.51. The molecule has 10 heteroatoms. The van der Waals surface area contributed by atoms with Crippen molar-refractivity contribution in [1.29, 1.82) is 0 Å². The van der Waals surface area contributed by atoms with Gasteiger partial charge >= 0.3 is 6.09 Å². The zero-order valence-corrected chi connectivity index (χ0v) is 19.3. The van der Waals surface area contributed by atoms with E-state index in [0.717, 1.165) is 18.9 Å². The van der Waals surface area contributed by atoms with E-state index in [1.165, 1.54) is 0 Å².